The number of hydrogen-bond acceptors (Lipinski definition) is 4. The molecule has 0 bridgehead atoms. The van der Waals surface area contributed by atoms with Gasteiger partial charge in [-0.2, -0.15) is 0 Å². The van der Waals surface area contributed by atoms with Crippen LogP contribution in [0.3, 0.4) is 0 Å². The van der Waals surface area contributed by atoms with Crippen LogP contribution in [0.15, 0.2) is 16.6 Å². The molecule has 1 aromatic carbocycles. The van der Waals surface area contributed by atoms with E-state index in [1.807, 2.05) is 12.1 Å². The number of carbonyl (C=O) groups is 1. The maximum absolute atomic E-state index is 12.4. The monoisotopic (exact) mass is 396 g/mol. The molecule has 6 heteroatoms. The van der Waals surface area contributed by atoms with Crippen LogP contribution in [0.25, 0.3) is 0 Å². The van der Waals surface area contributed by atoms with E-state index in [9.17, 15) is 4.79 Å². The predicted octanol–water partition coefficient (Wildman–Crippen LogP) is 3.81. The van der Waals surface area contributed by atoms with Gasteiger partial charge < -0.3 is 14.8 Å². The highest BCUT2D eigenvalue weighted by molar-refractivity contribution is 9.10. The van der Waals surface area contributed by atoms with Crippen LogP contribution < -0.4 is 14.8 Å². The molecular formula is C18H25BrN2O3. The summed E-state index contributed by atoms with van der Waals surface area (Å²) in [5.41, 5.74) is 0.721. The van der Waals surface area contributed by atoms with Crippen LogP contribution in [0.4, 0.5) is 5.69 Å². The summed E-state index contributed by atoms with van der Waals surface area (Å²) in [5, 5.41) is 2.98. The van der Waals surface area contributed by atoms with Gasteiger partial charge >= 0.3 is 0 Å². The number of likely N-dealkylation sites (N-methyl/N-ethyl adjacent to an activating group) is 1. The number of nitrogens with zero attached hydrogens (tertiary/aromatic N) is 1. The number of carbonyl (C=O) groups excluding carboxylic acids is 1. The molecule has 3 rings (SSSR count). The van der Waals surface area contributed by atoms with E-state index in [1.165, 1.54) is 38.5 Å². The van der Waals surface area contributed by atoms with Crippen LogP contribution in [-0.4, -0.2) is 43.7 Å². The minimum absolute atomic E-state index is 0.000810. The Hall–Kier alpha value is -1.27. The Kier molecular flexibility index (Phi) is 6.00. The number of nitrogens with one attached hydrogen (secondary N) is 1. The van der Waals surface area contributed by atoms with Gasteiger partial charge in [0.1, 0.15) is 13.2 Å². The third-order valence-corrected chi connectivity index (χ3v) is 5.40. The van der Waals surface area contributed by atoms with E-state index in [4.69, 9.17) is 9.47 Å². The Balaban J connectivity index is 1.60. The lowest BCUT2D eigenvalue weighted by Crippen LogP contribution is -2.37. The predicted molar refractivity (Wildman–Crippen MR) is 97.9 cm³/mol. The van der Waals surface area contributed by atoms with Gasteiger partial charge in [0.2, 0.25) is 5.91 Å². The normalized spacial score (nSPS) is 18.3. The molecule has 1 aliphatic carbocycles. The van der Waals surface area contributed by atoms with Crippen LogP contribution >= 0.6 is 15.9 Å². The largest absolute Gasteiger partial charge is 0.486 e. The number of benzene rings is 1. The summed E-state index contributed by atoms with van der Waals surface area (Å²) in [6.07, 6.45) is 7.56. The number of hydrogen-bond donors (Lipinski definition) is 1. The molecule has 1 heterocycles. The summed E-state index contributed by atoms with van der Waals surface area (Å²) >= 11 is 3.49. The molecule has 1 fully saturated rings. The minimum Gasteiger partial charge on any atom is -0.486 e. The van der Waals surface area contributed by atoms with Gasteiger partial charge in [0.05, 0.1) is 12.2 Å². The third kappa shape index (κ3) is 4.42. The average Bonchev–Trinajstić information content (AvgIpc) is 2.85. The topological polar surface area (TPSA) is 50.8 Å². The molecule has 0 atom stereocenters. The molecule has 0 aromatic heterocycles. The molecule has 2 aliphatic rings. The van der Waals surface area contributed by atoms with Gasteiger partial charge in [-0.1, -0.05) is 25.7 Å². The third-order valence-electron chi connectivity index (χ3n) is 4.75. The van der Waals surface area contributed by atoms with Crippen LogP contribution in [0.2, 0.25) is 0 Å². The molecule has 5 nitrogen and oxygen atoms in total. The zero-order valence-electron chi connectivity index (χ0n) is 14.1. The van der Waals surface area contributed by atoms with Crippen LogP contribution in [0.1, 0.15) is 38.5 Å². The first-order chi connectivity index (χ1) is 11.6. The lowest BCUT2D eigenvalue weighted by Gasteiger charge is -2.26. The highest BCUT2D eigenvalue weighted by Crippen LogP contribution is 2.38. The van der Waals surface area contributed by atoms with Crippen molar-refractivity contribution in [3.05, 3.63) is 16.6 Å². The first kappa shape index (κ1) is 17.5. The van der Waals surface area contributed by atoms with E-state index >= 15 is 0 Å². The average molecular weight is 397 g/mol. The van der Waals surface area contributed by atoms with E-state index in [0.717, 1.165) is 10.2 Å². The Labute approximate surface area is 151 Å². The fourth-order valence-corrected chi connectivity index (χ4v) is 3.83. The standard InChI is InChI=1S/C18H25BrN2O3/c1-21(13-6-4-2-3-5-7-13)12-18(22)20-15-11-17-16(10-14(15)19)23-8-9-24-17/h10-11,13H,2-9,12H2,1H3,(H,20,22). The summed E-state index contributed by atoms with van der Waals surface area (Å²) in [4.78, 5) is 14.6. The second-order valence-corrected chi connectivity index (χ2v) is 7.44. The first-order valence-electron chi connectivity index (χ1n) is 8.73. The molecule has 0 radical (unpaired) electrons. The van der Waals surface area contributed by atoms with Crippen molar-refractivity contribution >= 4 is 27.5 Å². The lowest BCUT2D eigenvalue weighted by atomic mass is 10.1. The highest BCUT2D eigenvalue weighted by Gasteiger charge is 2.20. The number of anilines is 1. The second-order valence-electron chi connectivity index (χ2n) is 6.58. The number of halogens is 1. The lowest BCUT2D eigenvalue weighted by molar-refractivity contribution is -0.117. The molecule has 1 aliphatic heterocycles. The number of ether oxygens (including phenoxy) is 2. The maximum atomic E-state index is 12.4. The van der Waals surface area contributed by atoms with Crippen molar-refractivity contribution in [3.63, 3.8) is 0 Å². The Morgan fingerprint density at radius 1 is 1.17 bits per heavy atom. The quantitative estimate of drug-likeness (QED) is 0.785. The first-order valence-corrected chi connectivity index (χ1v) is 9.52. The zero-order chi connectivity index (χ0) is 16.9. The fourth-order valence-electron chi connectivity index (χ4n) is 3.40. The van der Waals surface area contributed by atoms with Crippen molar-refractivity contribution in [1.82, 2.24) is 4.90 Å². The van der Waals surface area contributed by atoms with Crippen LogP contribution in [-0.2, 0) is 4.79 Å². The molecule has 24 heavy (non-hydrogen) atoms. The molecule has 0 saturated heterocycles. The maximum Gasteiger partial charge on any atom is 0.238 e. The molecule has 1 saturated carbocycles. The Morgan fingerprint density at radius 2 is 1.79 bits per heavy atom. The van der Waals surface area contributed by atoms with Crippen molar-refractivity contribution in [1.29, 1.82) is 0 Å². The van der Waals surface area contributed by atoms with E-state index < -0.39 is 0 Å². The van der Waals surface area contributed by atoms with Gasteiger partial charge in [-0.15, -0.1) is 0 Å². The zero-order valence-corrected chi connectivity index (χ0v) is 15.7. The number of fused-ring (bicyclic) bond motifs is 1. The van der Waals surface area contributed by atoms with Crippen molar-refractivity contribution in [2.24, 2.45) is 0 Å². The van der Waals surface area contributed by atoms with E-state index in [0.29, 0.717) is 37.3 Å². The smallest absolute Gasteiger partial charge is 0.238 e. The Bertz CT molecular complexity index is 586. The number of amides is 1. The molecule has 1 amide bonds. The van der Waals surface area contributed by atoms with Crippen LogP contribution in [0.5, 0.6) is 11.5 Å². The minimum atomic E-state index is -0.000810. The van der Waals surface area contributed by atoms with Crippen molar-refractivity contribution in [2.45, 2.75) is 44.6 Å². The van der Waals surface area contributed by atoms with Gasteiger partial charge in [-0.25, -0.2) is 0 Å². The van der Waals surface area contributed by atoms with E-state index in [-0.39, 0.29) is 5.91 Å². The summed E-state index contributed by atoms with van der Waals surface area (Å²) < 4.78 is 11.9. The van der Waals surface area contributed by atoms with Crippen LogP contribution in [0, 0.1) is 0 Å². The summed E-state index contributed by atoms with van der Waals surface area (Å²) in [5.74, 6) is 1.39. The van der Waals surface area contributed by atoms with E-state index in [2.05, 4.69) is 33.2 Å². The molecule has 1 N–H and O–H groups in total. The van der Waals surface area contributed by atoms with Gasteiger partial charge in [0.15, 0.2) is 11.5 Å². The molecule has 0 spiro atoms. The summed E-state index contributed by atoms with van der Waals surface area (Å²) in [7, 11) is 2.05. The van der Waals surface area contributed by atoms with Gasteiger partial charge in [-0.3, -0.25) is 9.69 Å². The van der Waals surface area contributed by atoms with Gasteiger partial charge in [0, 0.05) is 22.6 Å². The highest BCUT2D eigenvalue weighted by atomic mass is 79.9. The van der Waals surface area contributed by atoms with Crippen molar-refractivity contribution in [2.75, 3.05) is 32.1 Å². The SMILES string of the molecule is CN(CC(=O)Nc1cc2c(cc1Br)OCCO2)C1CCCCCC1. The van der Waals surface area contributed by atoms with Crippen molar-refractivity contribution in [3.8, 4) is 11.5 Å². The molecule has 0 unspecified atom stereocenters. The second kappa shape index (κ2) is 8.21. The molecule has 1 aromatic rings. The molecular weight excluding hydrogens is 372 g/mol. The summed E-state index contributed by atoms with van der Waals surface area (Å²) in [6, 6.07) is 4.18. The number of rotatable bonds is 4. The molecule has 132 valence electrons. The van der Waals surface area contributed by atoms with Gasteiger partial charge in [0.25, 0.3) is 0 Å². The van der Waals surface area contributed by atoms with Crippen molar-refractivity contribution < 1.29 is 14.3 Å². The Morgan fingerprint density at radius 3 is 2.46 bits per heavy atom. The van der Waals surface area contributed by atoms with E-state index in [1.54, 1.807) is 0 Å². The fraction of sp³-hybridized carbons (Fsp3) is 0.611. The summed E-state index contributed by atoms with van der Waals surface area (Å²) in [6.45, 7) is 1.50. The van der Waals surface area contributed by atoms with Gasteiger partial charge in [-0.05, 0) is 35.8 Å².